The second-order valence-corrected chi connectivity index (χ2v) is 14.9. The van der Waals surface area contributed by atoms with E-state index in [-0.39, 0.29) is 31.7 Å². The van der Waals surface area contributed by atoms with E-state index in [0.29, 0.717) is 19.3 Å². The molecule has 0 bridgehead atoms. The van der Waals surface area contributed by atoms with E-state index in [9.17, 15) is 14.2 Å². The van der Waals surface area contributed by atoms with E-state index < -0.39 is 32.5 Å². The molecule has 1 saturated heterocycles. The fourth-order valence-electron chi connectivity index (χ4n) is 5.47. The Labute approximate surface area is 321 Å². The summed E-state index contributed by atoms with van der Waals surface area (Å²) in [5.41, 5.74) is 0. The van der Waals surface area contributed by atoms with Gasteiger partial charge >= 0.3 is 19.8 Å². The van der Waals surface area contributed by atoms with Crippen molar-refractivity contribution in [1.29, 1.82) is 0 Å². The molecule has 1 rings (SSSR count). The third kappa shape index (κ3) is 33.7. The molecule has 0 aromatic rings. The van der Waals surface area contributed by atoms with Gasteiger partial charge in [0.05, 0.1) is 18.8 Å². The van der Waals surface area contributed by atoms with Crippen LogP contribution in [0.1, 0.15) is 155 Å². The van der Waals surface area contributed by atoms with E-state index in [1.165, 1.54) is 57.8 Å². The van der Waals surface area contributed by atoms with Crippen LogP contribution in [0.15, 0.2) is 72.9 Å². The van der Waals surface area contributed by atoms with Gasteiger partial charge in [-0.05, 0) is 83.5 Å². The monoisotopic (exact) mass is 762 g/mol. The van der Waals surface area contributed by atoms with E-state index in [0.717, 1.165) is 51.4 Å². The lowest BCUT2D eigenvalue weighted by Gasteiger charge is -2.18. The number of carbonyl (C=O) groups is 2. The molecule has 0 saturated carbocycles. The Bertz CT molecular complexity index is 1150. The van der Waals surface area contributed by atoms with Crippen LogP contribution in [0.4, 0.5) is 0 Å². The summed E-state index contributed by atoms with van der Waals surface area (Å²) in [6.07, 6.45) is 46.5. The molecular formula is C43H71O9P. The van der Waals surface area contributed by atoms with Crippen molar-refractivity contribution in [2.24, 2.45) is 0 Å². The molecule has 0 spiro atoms. The third-order valence-electron chi connectivity index (χ3n) is 8.62. The molecule has 3 atom stereocenters. The number of phosphoric acid groups is 1. The quantitative estimate of drug-likeness (QED) is 0.0213. The fraction of sp³-hybridized carbons (Fsp3) is 0.674. The van der Waals surface area contributed by atoms with Gasteiger partial charge in [0.1, 0.15) is 6.61 Å². The van der Waals surface area contributed by atoms with Crippen LogP contribution in [0, 0.1) is 0 Å². The fourth-order valence-corrected chi connectivity index (χ4v) is 5.83. The minimum absolute atomic E-state index is 0.120. The highest BCUT2D eigenvalue weighted by Crippen LogP contribution is 2.36. The molecule has 10 heteroatoms. The summed E-state index contributed by atoms with van der Waals surface area (Å²) in [4.78, 5) is 42.9. The Morgan fingerprint density at radius 1 is 0.604 bits per heavy atom. The van der Waals surface area contributed by atoms with Gasteiger partial charge in [-0.25, -0.2) is 4.57 Å². The molecule has 2 N–H and O–H groups in total. The van der Waals surface area contributed by atoms with Gasteiger partial charge in [0, 0.05) is 12.8 Å². The predicted octanol–water partition coefficient (Wildman–Crippen LogP) is 11.3. The van der Waals surface area contributed by atoms with Gasteiger partial charge in [0.2, 0.25) is 0 Å². The van der Waals surface area contributed by atoms with Crippen LogP contribution in [0.25, 0.3) is 0 Å². The topological polar surface area (TPSA) is 132 Å². The first kappa shape index (κ1) is 48.5. The highest BCUT2D eigenvalue weighted by molar-refractivity contribution is 7.46. The van der Waals surface area contributed by atoms with Crippen molar-refractivity contribution in [3.63, 3.8) is 0 Å². The van der Waals surface area contributed by atoms with E-state index >= 15 is 0 Å². The van der Waals surface area contributed by atoms with Crippen LogP contribution in [0.2, 0.25) is 0 Å². The highest BCUT2D eigenvalue weighted by atomic mass is 31.2. The third-order valence-corrected chi connectivity index (χ3v) is 9.11. The Morgan fingerprint density at radius 3 is 1.70 bits per heavy atom. The number of ether oxygens (including phenoxy) is 3. The second kappa shape index (κ2) is 34.0. The van der Waals surface area contributed by atoms with Crippen molar-refractivity contribution in [1.82, 2.24) is 0 Å². The lowest BCUT2D eigenvalue weighted by molar-refractivity contribution is -0.161. The van der Waals surface area contributed by atoms with Crippen LogP contribution in [0.5, 0.6) is 0 Å². The van der Waals surface area contributed by atoms with Gasteiger partial charge in [-0.15, -0.1) is 0 Å². The Balaban J connectivity index is 2.18. The zero-order chi connectivity index (χ0) is 38.7. The van der Waals surface area contributed by atoms with Gasteiger partial charge < -0.3 is 24.0 Å². The standard InChI is InChI=1S/C43H71O9P/c1-3-5-7-9-11-13-15-17-18-19-20-21-23-25-27-29-31-35-43(45)51-39(38-50-53(46,47)48)37-49-42(44)36-32-34-41-40(52-41)33-30-28-26-24-22-16-14-12-10-8-6-4-2/h12,14,17-18,20-22,24-25,27-28,30,39-41H,3-11,13,15-16,19,23,26,29,31-38H2,1-2H3,(H2,46,47,48)/b14-12-,18-17-,21-20-,24-22-,27-25-,30-28-/t39-,40?,41?/m1/s1. The molecule has 0 amide bonds. The first-order valence-electron chi connectivity index (χ1n) is 20.4. The van der Waals surface area contributed by atoms with Crippen molar-refractivity contribution in [2.45, 2.75) is 173 Å². The number of esters is 2. The van der Waals surface area contributed by atoms with E-state index in [1.807, 2.05) is 6.08 Å². The zero-order valence-corrected chi connectivity index (χ0v) is 33.7. The van der Waals surface area contributed by atoms with Gasteiger partial charge in [-0.3, -0.25) is 14.1 Å². The van der Waals surface area contributed by atoms with Gasteiger partial charge in [0.15, 0.2) is 6.10 Å². The predicted molar refractivity (Wildman–Crippen MR) is 215 cm³/mol. The van der Waals surface area contributed by atoms with E-state index in [1.54, 1.807) is 0 Å². The van der Waals surface area contributed by atoms with Crippen LogP contribution < -0.4 is 0 Å². The molecule has 9 nitrogen and oxygen atoms in total. The van der Waals surface area contributed by atoms with Crippen molar-refractivity contribution >= 4 is 19.8 Å². The number of unbranched alkanes of at least 4 members (excludes halogenated alkanes) is 10. The average molecular weight is 763 g/mol. The van der Waals surface area contributed by atoms with Crippen molar-refractivity contribution < 1.29 is 42.7 Å². The summed E-state index contributed by atoms with van der Waals surface area (Å²) in [7, 11) is -4.79. The Hall–Kier alpha value is -2.55. The molecule has 53 heavy (non-hydrogen) atoms. The maximum absolute atomic E-state index is 12.4. The molecule has 1 heterocycles. The summed E-state index contributed by atoms with van der Waals surface area (Å²) in [6, 6.07) is 0. The first-order valence-corrected chi connectivity index (χ1v) is 21.9. The maximum atomic E-state index is 12.4. The van der Waals surface area contributed by atoms with Crippen LogP contribution in [0.3, 0.4) is 0 Å². The minimum Gasteiger partial charge on any atom is -0.462 e. The number of allylic oxidation sites excluding steroid dienone is 11. The van der Waals surface area contributed by atoms with Gasteiger partial charge in [-0.1, -0.05) is 132 Å². The van der Waals surface area contributed by atoms with E-state index in [4.69, 9.17) is 24.0 Å². The van der Waals surface area contributed by atoms with Crippen molar-refractivity contribution in [2.75, 3.05) is 13.2 Å². The van der Waals surface area contributed by atoms with Crippen LogP contribution >= 0.6 is 7.82 Å². The zero-order valence-electron chi connectivity index (χ0n) is 32.8. The molecule has 0 aromatic carbocycles. The molecule has 1 fully saturated rings. The largest absolute Gasteiger partial charge is 0.469 e. The summed E-state index contributed by atoms with van der Waals surface area (Å²) >= 11 is 0. The van der Waals surface area contributed by atoms with Crippen LogP contribution in [-0.4, -0.2) is 53.3 Å². The maximum Gasteiger partial charge on any atom is 0.469 e. The molecule has 0 aliphatic carbocycles. The first-order chi connectivity index (χ1) is 25.7. The number of carbonyl (C=O) groups excluding carboxylic acids is 2. The van der Waals surface area contributed by atoms with Gasteiger partial charge in [0.25, 0.3) is 0 Å². The Kier molecular flexibility index (Phi) is 31.1. The summed E-state index contributed by atoms with van der Waals surface area (Å²) in [5.74, 6) is -1.03. The van der Waals surface area contributed by atoms with Gasteiger partial charge in [-0.2, -0.15) is 0 Å². The summed E-state index contributed by atoms with van der Waals surface area (Å²) < 4.78 is 32.0. The SMILES string of the molecule is CCCCC/C=C\C/C=C\C/C=C\CC1OC1CCCC(=O)OC[C@H](COP(=O)(O)O)OC(=O)CCC/C=C\C/C=C\C/C=C\CCCCCCCC. The smallest absolute Gasteiger partial charge is 0.462 e. The molecule has 302 valence electrons. The normalized spacial score (nSPS) is 17.1. The molecule has 0 aromatic heterocycles. The van der Waals surface area contributed by atoms with E-state index in [2.05, 4.69) is 85.2 Å². The second-order valence-electron chi connectivity index (χ2n) is 13.6. The lowest BCUT2D eigenvalue weighted by Crippen LogP contribution is -2.29. The van der Waals surface area contributed by atoms with Crippen molar-refractivity contribution in [3.8, 4) is 0 Å². The number of rotatable bonds is 35. The summed E-state index contributed by atoms with van der Waals surface area (Å²) in [6.45, 7) is 3.53. The minimum atomic E-state index is -4.79. The lowest BCUT2D eigenvalue weighted by atomic mass is 10.1. The average Bonchev–Trinajstić information content (AvgIpc) is 3.88. The molecule has 0 radical (unpaired) electrons. The number of hydrogen-bond acceptors (Lipinski definition) is 7. The number of epoxide rings is 1. The molecule has 1 aliphatic heterocycles. The molecule has 1 aliphatic rings. The molecule has 2 unspecified atom stereocenters. The van der Waals surface area contributed by atoms with Crippen molar-refractivity contribution in [3.05, 3.63) is 72.9 Å². The summed E-state index contributed by atoms with van der Waals surface area (Å²) in [5, 5.41) is 0. The highest BCUT2D eigenvalue weighted by Gasteiger charge is 2.36. The molecular weight excluding hydrogens is 691 g/mol. The number of phosphoric ester groups is 1. The Morgan fingerprint density at radius 2 is 1.09 bits per heavy atom. The number of hydrogen-bond donors (Lipinski definition) is 2. The van der Waals surface area contributed by atoms with Crippen LogP contribution in [-0.2, 0) is 32.9 Å².